The van der Waals surface area contributed by atoms with Gasteiger partial charge in [-0.25, -0.2) is 12.8 Å². The number of fused-ring (bicyclic) bond motifs is 1. The second-order valence-corrected chi connectivity index (χ2v) is 12.7. The Balaban J connectivity index is 0.00000442. The number of hydrogen-bond acceptors (Lipinski definition) is 5. The molecule has 0 aliphatic carbocycles. The standard InChI is InChI=1S/C33H31FN3O5S.Re/c1-6-21-8-10-23(11-9-21)35-32(38)28-17-26-27(18-37(5)33(39)30(26)36-28)25-16-24(43(40,41)7-2)12-13-29(25)42-31-19(3)14-22(34)15-20(31)4;/h8,10-18,36H,6-7H2,1-5H3,(H,35,38);/q-1;. The molecule has 0 aliphatic rings. The maximum Gasteiger partial charge on any atom is 0.274 e. The zero-order valence-electron chi connectivity index (χ0n) is 24.8. The topological polar surface area (TPSA) is 110 Å². The maximum atomic E-state index is 14.0. The molecule has 0 unspecified atom stereocenters. The number of amides is 1. The van der Waals surface area contributed by atoms with Crippen molar-refractivity contribution in [3.8, 4) is 22.6 Å². The molecule has 0 bridgehead atoms. The van der Waals surface area contributed by atoms with Gasteiger partial charge < -0.3 is 19.6 Å². The Morgan fingerprint density at radius 3 is 2.36 bits per heavy atom. The fourth-order valence-corrected chi connectivity index (χ4v) is 5.87. The van der Waals surface area contributed by atoms with E-state index in [0.29, 0.717) is 44.8 Å². The summed E-state index contributed by atoms with van der Waals surface area (Å²) >= 11 is 0. The van der Waals surface area contributed by atoms with Gasteiger partial charge in [0, 0.05) is 50.2 Å². The first kappa shape index (κ1) is 32.9. The van der Waals surface area contributed by atoms with E-state index in [-0.39, 0.29) is 47.8 Å². The van der Waals surface area contributed by atoms with Crippen LogP contribution >= 0.6 is 0 Å². The SMILES string of the molecule is CCc1[c-]cc(NC(=O)c2cc3c(-c4cc(S(=O)(=O)CC)ccc4Oc4c(C)cc(F)cc4C)cn(C)c(=O)c3[nH]2)cc1.[Re]. The number of hydrogen-bond donors (Lipinski definition) is 2. The first-order chi connectivity index (χ1) is 20.4. The maximum absolute atomic E-state index is 14.0. The number of H-pyrrole nitrogens is 1. The number of benzene rings is 3. The molecule has 1 amide bonds. The summed E-state index contributed by atoms with van der Waals surface area (Å²) in [5.41, 5.74) is 3.46. The van der Waals surface area contributed by atoms with Crippen molar-refractivity contribution in [1.29, 1.82) is 0 Å². The van der Waals surface area contributed by atoms with Crippen molar-refractivity contribution in [3.63, 3.8) is 0 Å². The largest absolute Gasteiger partial charge is 0.456 e. The Morgan fingerprint density at radius 2 is 1.75 bits per heavy atom. The summed E-state index contributed by atoms with van der Waals surface area (Å²) in [6.07, 6.45) is 2.39. The van der Waals surface area contributed by atoms with E-state index in [1.807, 2.05) is 13.0 Å². The molecule has 0 saturated carbocycles. The second-order valence-electron chi connectivity index (χ2n) is 10.4. The molecule has 5 rings (SSSR count). The molecule has 2 heterocycles. The van der Waals surface area contributed by atoms with E-state index in [9.17, 15) is 22.4 Å². The number of carbonyl (C=O) groups is 1. The van der Waals surface area contributed by atoms with Crippen LogP contribution in [0.1, 0.15) is 41.0 Å². The molecular weight excluding hydrogens is 756 g/mol. The average molecular weight is 787 g/mol. The zero-order valence-corrected chi connectivity index (χ0v) is 28.4. The van der Waals surface area contributed by atoms with E-state index in [1.165, 1.54) is 28.8 Å². The minimum atomic E-state index is -3.61. The van der Waals surface area contributed by atoms with Crippen LogP contribution in [0.4, 0.5) is 10.1 Å². The van der Waals surface area contributed by atoms with Crippen LogP contribution in [0.5, 0.6) is 11.5 Å². The van der Waals surface area contributed by atoms with E-state index in [4.69, 9.17) is 4.74 Å². The molecule has 229 valence electrons. The van der Waals surface area contributed by atoms with Crippen LogP contribution in [0.25, 0.3) is 22.0 Å². The molecule has 5 aromatic rings. The number of aryl methyl sites for hydroxylation is 4. The van der Waals surface area contributed by atoms with Gasteiger partial charge in [0.05, 0.1) is 10.6 Å². The van der Waals surface area contributed by atoms with Gasteiger partial charge in [-0.3, -0.25) is 9.59 Å². The molecule has 8 nitrogen and oxygen atoms in total. The molecule has 0 atom stereocenters. The monoisotopic (exact) mass is 787 g/mol. The van der Waals surface area contributed by atoms with E-state index in [0.717, 1.165) is 12.0 Å². The number of aromatic nitrogens is 2. The van der Waals surface area contributed by atoms with Crippen molar-refractivity contribution in [3.05, 3.63) is 105 Å². The van der Waals surface area contributed by atoms with Crippen LogP contribution in [-0.4, -0.2) is 29.6 Å². The Morgan fingerprint density at radius 1 is 1.05 bits per heavy atom. The minimum Gasteiger partial charge on any atom is -0.456 e. The number of pyridine rings is 1. The Hall–Kier alpha value is -4.04. The van der Waals surface area contributed by atoms with Gasteiger partial charge in [-0.05, 0) is 61.4 Å². The molecule has 44 heavy (non-hydrogen) atoms. The first-order valence-corrected chi connectivity index (χ1v) is 15.4. The van der Waals surface area contributed by atoms with Crippen molar-refractivity contribution in [1.82, 2.24) is 9.55 Å². The number of rotatable bonds is 8. The van der Waals surface area contributed by atoms with Crippen molar-refractivity contribution >= 4 is 32.3 Å². The van der Waals surface area contributed by atoms with Gasteiger partial charge in [0.2, 0.25) is 0 Å². The molecule has 0 aliphatic heterocycles. The fourth-order valence-electron chi connectivity index (χ4n) is 4.96. The van der Waals surface area contributed by atoms with Crippen molar-refractivity contribution in [2.45, 2.75) is 39.0 Å². The van der Waals surface area contributed by atoms with Crippen LogP contribution in [0, 0.1) is 25.7 Å². The third-order valence-corrected chi connectivity index (χ3v) is 9.08. The van der Waals surface area contributed by atoms with Crippen molar-refractivity contribution < 1.29 is 42.8 Å². The summed E-state index contributed by atoms with van der Waals surface area (Å²) in [5.74, 6) is -0.250. The Labute approximate surface area is 268 Å². The van der Waals surface area contributed by atoms with Gasteiger partial charge >= 0.3 is 0 Å². The quantitative estimate of drug-likeness (QED) is 0.175. The van der Waals surface area contributed by atoms with Gasteiger partial charge in [0.15, 0.2) is 9.84 Å². The normalized spacial score (nSPS) is 11.3. The van der Waals surface area contributed by atoms with E-state index in [2.05, 4.69) is 16.4 Å². The number of halogens is 1. The Kier molecular flexibility index (Phi) is 9.64. The second kappa shape index (κ2) is 12.9. The molecule has 0 saturated heterocycles. The molecule has 11 heteroatoms. The average Bonchev–Trinajstić information content (AvgIpc) is 3.43. The number of anilines is 1. The molecule has 0 fully saturated rings. The molecular formula is C33H31FN3O5ReS-. The van der Waals surface area contributed by atoms with Crippen LogP contribution in [0.15, 0.2) is 70.5 Å². The van der Waals surface area contributed by atoms with Crippen LogP contribution in [0.2, 0.25) is 0 Å². The molecule has 2 N–H and O–H groups in total. The summed E-state index contributed by atoms with van der Waals surface area (Å²) in [6.45, 7) is 7.00. The summed E-state index contributed by atoms with van der Waals surface area (Å²) in [6, 6.07) is 17.2. The number of sulfone groups is 1. The van der Waals surface area contributed by atoms with Gasteiger partial charge in [0.1, 0.15) is 28.5 Å². The van der Waals surface area contributed by atoms with Gasteiger partial charge in [0.25, 0.3) is 11.5 Å². The molecule has 3 aromatic carbocycles. The molecule has 1 radical (unpaired) electrons. The molecule has 2 aromatic heterocycles. The van der Waals surface area contributed by atoms with Crippen molar-refractivity contribution in [2.75, 3.05) is 11.1 Å². The van der Waals surface area contributed by atoms with Gasteiger partial charge in [-0.2, -0.15) is 23.8 Å². The smallest absolute Gasteiger partial charge is 0.274 e. The van der Waals surface area contributed by atoms with Crippen LogP contribution < -0.4 is 15.6 Å². The number of aromatic amines is 1. The number of carbonyl (C=O) groups excluding carboxylic acids is 1. The van der Waals surface area contributed by atoms with E-state index < -0.39 is 21.6 Å². The van der Waals surface area contributed by atoms with E-state index in [1.54, 1.807) is 58.3 Å². The third-order valence-electron chi connectivity index (χ3n) is 7.34. The number of ether oxygens (including phenoxy) is 1. The summed E-state index contributed by atoms with van der Waals surface area (Å²) in [4.78, 5) is 29.4. The van der Waals surface area contributed by atoms with Gasteiger partial charge in [-0.1, -0.05) is 26.0 Å². The predicted octanol–water partition coefficient (Wildman–Crippen LogP) is 6.49. The summed E-state index contributed by atoms with van der Waals surface area (Å²) in [5, 5.41) is 3.22. The van der Waals surface area contributed by atoms with Crippen LogP contribution in [0.3, 0.4) is 0 Å². The van der Waals surface area contributed by atoms with Gasteiger partial charge in [-0.15, -0.1) is 6.07 Å². The zero-order chi connectivity index (χ0) is 31.1. The predicted molar refractivity (Wildman–Crippen MR) is 165 cm³/mol. The van der Waals surface area contributed by atoms with E-state index >= 15 is 0 Å². The number of nitrogens with zero attached hydrogens (tertiary/aromatic N) is 1. The van der Waals surface area contributed by atoms with Crippen LogP contribution in [-0.2, 0) is 43.7 Å². The third kappa shape index (κ3) is 6.41. The first-order valence-electron chi connectivity index (χ1n) is 13.8. The summed E-state index contributed by atoms with van der Waals surface area (Å²) in [7, 11) is -2.04. The number of nitrogens with one attached hydrogen (secondary N) is 2. The van der Waals surface area contributed by atoms with Crippen molar-refractivity contribution in [2.24, 2.45) is 7.05 Å². The summed E-state index contributed by atoms with van der Waals surface area (Å²) < 4.78 is 47.5. The minimum absolute atomic E-state index is 0. The fraction of sp³-hybridized carbons (Fsp3) is 0.212. The Bertz CT molecular complexity index is 2030. The molecule has 0 spiro atoms.